The number of halogens is 3. The van der Waals surface area contributed by atoms with Gasteiger partial charge in [-0.1, -0.05) is 0 Å². The molecule has 3 nitrogen and oxygen atoms in total. The lowest BCUT2D eigenvalue weighted by Gasteiger charge is -2.06. The van der Waals surface area contributed by atoms with Crippen molar-refractivity contribution in [1.82, 2.24) is 4.98 Å². The van der Waals surface area contributed by atoms with E-state index in [-0.39, 0.29) is 17.8 Å². The summed E-state index contributed by atoms with van der Waals surface area (Å²) in [4.78, 5) is 3.75. The highest BCUT2D eigenvalue weighted by molar-refractivity contribution is 14.1. The lowest BCUT2D eigenvalue weighted by Crippen LogP contribution is -2.03. The first-order valence-electron chi connectivity index (χ1n) is 3.66. The van der Waals surface area contributed by atoms with Crippen LogP contribution in [-0.4, -0.2) is 4.98 Å². The van der Waals surface area contributed by atoms with E-state index >= 15 is 0 Å². The van der Waals surface area contributed by atoms with Crippen molar-refractivity contribution in [3.63, 3.8) is 0 Å². The molecule has 0 bridgehead atoms. The predicted molar refractivity (Wildman–Crippen MR) is 55.6 cm³/mol. The minimum atomic E-state index is -2.63. The topological polar surface area (TPSA) is 62.7 Å². The molecular weight excluding hydrogens is 303 g/mol. The summed E-state index contributed by atoms with van der Waals surface area (Å²) in [6, 6.07) is 3.15. The average Bonchev–Trinajstić information content (AvgIpc) is 2.10. The van der Waals surface area contributed by atoms with Gasteiger partial charge in [0.25, 0.3) is 6.43 Å². The molecule has 0 radical (unpaired) electrons. The van der Waals surface area contributed by atoms with Crippen LogP contribution in [0.2, 0.25) is 0 Å². The van der Waals surface area contributed by atoms with Gasteiger partial charge in [-0.25, -0.2) is 13.8 Å². The Balaban J connectivity index is 3.18. The highest BCUT2D eigenvalue weighted by Gasteiger charge is 2.15. The minimum Gasteiger partial charge on any atom is -0.383 e. The summed E-state index contributed by atoms with van der Waals surface area (Å²) in [6.07, 6.45) is -2.56. The number of aromatic nitrogens is 1. The van der Waals surface area contributed by atoms with Gasteiger partial charge in [-0.15, -0.1) is 0 Å². The first-order chi connectivity index (χ1) is 6.56. The summed E-state index contributed by atoms with van der Waals surface area (Å²) < 4.78 is 25.2. The van der Waals surface area contributed by atoms with Crippen LogP contribution in [0.3, 0.4) is 0 Å². The van der Waals surface area contributed by atoms with Crippen LogP contribution in [0.4, 0.5) is 14.6 Å². The molecule has 0 aromatic carbocycles. The van der Waals surface area contributed by atoms with Gasteiger partial charge in [0.05, 0.1) is 23.7 Å². The van der Waals surface area contributed by atoms with E-state index in [1.165, 1.54) is 6.07 Å². The third-order valence-corrected chi connectivity index (χ3v) is 2.52. The average molecular weight is 309 g/mol. The van der Waals surface area contributed by atoms with Gasteiger partial charge in [0, 0.05) is 3.57 Å². The monoisotopic (exact) mass is 309 g/mol. The Bertz CT molecular complexity index is 387. The molecule has 0 aliphatic heterocycles. The number of anilines is 1. The van der Waals surface area contributed by atoms with E-state index in [1.54, 1.807) is 0 Å². The molecule has 1 rings (SSSR count). The zero-order valence-electron chi connectivity index (χ0n) is 6.97. The van der Waals surface area contributed by atoms with Crippen LogP contribution in [0.25, 0.3) is 0 Å². The Labute approximate surface area is 93.1 Å². The van der Waals surface area contributed by atoms with Crippen LogP contribution in [0, 0.1) is 14.9 Å². The number of rotatable bonds is 2. The number of nitrogens with two attached hydrogens (primary N) is 1. The lowest BCUT2D eigenvalue weighted by molar-refractivity contribution is 0.152. The molecule has 1 heterocycles. The van der Waals surface area contributed by atoms with E-state index < -0.39 is 6.43 Å². The van der Waals surface area contributed by atoms with Gasteiger partial charge >= 0.3 is 0 Å². The van der Waals surface area contributed by atoms with E-state index in [1.807, 2.05) is 28.7 Å². The van der Waals surface area contributed by atoms with Crippen molar-refractivity contribution in [2.45, 2.75) is 12.8 Å². The second kappa shape index (κ2) is 4.50. The molecule has 6 heteroatoms. The third kappa shape index (κ3) is 2.29. The lowest BCUT2D eigenvalue weighted by atomic mass is 10.2. The molecule has 0 fully saturated rings. The number of pyridine rings is 1. The van der Waals surface area contributed by atoms with Crippen LogP contribution in [0.5, 0.6) is 0 Å². The second-order valence-electron chi connectivity index (χ2n) is 2.53. The first-order valence-corrected chi connectivity index (χ1v) is 4.74. The summed E-state index contributed by atoms with van der Waals surface area (Å²) in [5.74, 6) is -0.203. The fraction of sp³-hybridized carbons (Fsp3) is 0.250. The van der Waals surface area contributed by atoms with Gasteiger partial charge < -0.3 is 5.73 Å². The highest BCUT2D eigenvalue weighted by atomic mass is 127. The Morgan fingerprint density at radius 2 is 2.29 bits per heavy atom. The smallest absolute Gasteiger partial charge is 0.267 e. The largest absolute Gasteiger partial charge is 0.383 e. The molecule has 0 saturated carbocycles. The fourth-order valence-electron chi connectivity index (χ4n) is 0.931. The molecule has 0 saturated heterocycles. The Morgan fingerprint density at radius 3 is 2.79 bits per heavy atom. The molecule has 1 aromatic rings. The number of hydrogen-bond acceptors (Lipinski definition) is 3. The number of nitrogens with zero attached hydrogens (tertiary/aromatic N) is 2. The predicted octanol–water partition coefficient (Wildman–Crippen LogP) is 2.27. The number of alkyl halides is 2. The molecule has 0 spiro atoms. The Kier molecular flexibility index (Phi) is 3.57. The van der Waals surface area contributed by atoms with Gasteiger partial charge in [-0.3, -0.25) is 0 Å². The van der Waals surface area contributed by atoms with E-state index in [4.69, 9.17) is 11.0 Å². The zero-order valence-corrected chi connectivity index (χ0v) is 9.12. The van der Waals surface area contributed by atoms with Gasteiger partial charge in [0.2, 0.25) is 0 Å². The summed E-state index contributed by atoms with van der Waals surface area (Å²) in [5, 5.41) is 8.43. The van der Waals surface area contributed by atoms with Crippen molar-refractivity contribution in [3.05, 3.63) is 20.9 Å². The second-order valence-corrected chi connectivity index (χ2v) is 3.69. The SMILES string of the molecule is N#CCc1nc(N)c(C(F)F)cc1I. The summed E-state index contributed by atoms with van der Waals surface area (Å²) in [6.45, 7) is 0. The molecule has 14 heavy (non-hydrogen) atoms. The third-order valence-electron chi connectivity index (χ3n) is 1.59. The van der Waals surface area contributed by atoms with Crippen molar-refractivity contribution in [1.29, 1.82) is 5.26 Å². The van der Waals surface area contributed by atoms with Crippen molar-refractivity contribution in [3.8, 4) is 6.07 Å². The maximum atomic E-state index is 12.3. The van der Waals surface area contributed by atoms with Gasteiger partial charge in [0.15, 0.2) is 0 Å². The maximum absolute atomic E-state index is 12.3. The van der Waals surface area contributed by atoms with Gasteiger partial charge in [-0.2, -0.15) is 5.26 Å². The Hall–Kier alpha value is -0.970. The standard InChI is InChI=1S/C8H6F2IN3/c9-7(10)4-3-5(11)6(1-2-12)14-8(4)13/h3,7H,1H2,(H2,13,14). The maximum Gasteiger partial charge on any atom is 0.267 e. The molecule has 0 atom stereocenters. The van der Waals surface area contributed by atoms with E-state index in [0.717, 1.165) is 0 Å². The van der Waals surface area contributed by atoms with Crippen LogP contribution < -0.4 is 5.73 Å². The van der Waals surface area contributed by atoms with Crippen molar-refractivity contribution < 1.29 is 8.78 Å². The molecule has 74 valence electrons. The molecule has 2 N–H and O–H groups in total. The fourth-order valence-corrected chi connectivity index (χ4v) is 1.58. The van der Waals surface area contributed by atoms with Crippen LogP contribution in [-0.2, 0) is 6.42 Å². The summed E-state index contributed by atoms with van der Waals surface area (Å²) in [7, 11) is 0. The number of nitriles is 1. The molecule has 0 aliphatic rings. The molecule has 0 amide bonds. The molecular formula is C8H6F2IN3. The number of hydrogen-bond donors (Lipinski definition) is 1. The van der Waals surface area contributed by atoms with E-state index in [2.05, 4.69) is 4.98 Å². The van der Waals surface area contributed by atoms with E-state index in [9.17, 15) is 8.78 Å². The van der Waals surface area contributed by atoms with E-state index in [0.29, 0.717) is 9.26 Å². The summed E-state index contributed by atoms with van der Waals surface area (Å²) >= 11 is 1.86. The van der Waals surface area contributed by atoms with Crippen LogP contribution in [0.1, 0.15) is 17.7 Å². The van der Waals surface area contributed by atoms with Crippen LogP contribution in [0.15, 0.2) is 6.07 Å². The molecule has 1 aromatic heterocycles. The van der Waals surface area contributed by atoms with Gasteiger partial charge in [-0.05, 0) is 28.7 Å². The van der Waals surface area contributed by atoms with Crippen LogP contribution >= 0.6 is 22.6 Å². The van der Waals surface area contributed by atoms with Crippen molar-refractivity contribution in [2.24, 2.45) is 0 Å². The quantitative estimate of drug-likeness (QED) is 0.853. The first kappa shape index (κ1) is 11.1. The zero-order chi connectivity index (χ0) is 10.7. The molecule has 0 aliphatic carbocycles. The van der Waals surface area contributed by atoms with Crippen molar-refractivity contribution in [2.75, 3.05) is 5.73 Å². The highest BCUT2D eigenvalue weighted by Crippen LogP contribution is 2.26. The normalized spacial score (nSPS) is 10.2. The minimum absolute atomic E-state index is 0.0754. The van der Waals surface area contributed by atoms with Crippen molar-refractivity contribution >= 4 is 28.4 Å². The Morgan fingerprint density at radius 1 is 1.64 bits per heavy atom. The van der Waals surface area contributed by atoms with Gasteiger partial charge in [0.1, 0.15) is 5.82 Å². The molecule has 0 unspecified atom stereocenters. The summed E-state index contributed by atoms with van der Waals surface area (Å²) in [5.41, 5.74) is 5.48. The number of nitrogen functional groups attached to an aromatic ring is 1.